The quantitative estimate of drug-likeness (QED) is 0.375. The first-order chi connectivity index (χ1) is 10.9. The Morgan fingerprint density at radius 1 is 0.957 bits per heavy atom. The molecule has 0 aliphatic heterocycles. The third kappa shape index (κ3) is 4.77. The van der Waals surface area contributed by atoms with Crippen LogP contribution in [0.4, 0.5) is 15.3 Å². The van der Waals surface area contributed by atoms with Gasteiger partial charge in [-0.1, -0.05) is 0 Å². The number of ether oxygens (including phenoxy) is 5. The molecule has 0 aliphatic rings. The first-order valence-electron chi connectivity index (χ1n) is 6.64. The number of hydrogen-bond acceptors (Lipinski definition) is 9. The van der Waals surface area contributed by atoms with Crippen LogP contribution in [0.2, 0.25) is 0 Å². The van der Waals surface area contributed by atoms with Crippen molar-refractivity contribution >= 4 is 24.0 Å². The van der Waals surface area contributed by atoms with Crippen molar-refractivity contribution < 1.29 is 38.1 Å². The van der Waals surface area contributed by atoms with Crippen LogP contribution in [0, 0.1) is 0 Å². The molecule has 0 aliphatic carbocycles. The lowest BCUT2D eigenvalue weighted by Gasteiger charge is -2.14. The van der Waals surface area contributed by atoms with Gasteiger partial charge >= 0.3 is 18.3 Å². The molecule has 1 rings (SSSR count). The van der Waals surface area contributed by atoms with Gasteiger partial charge in [-0.15, -0.1) is 0 Å². The fourth-order valence-electron chi connectivity index (χ4n) is 1.52. The molecule has 1 aromatic carbocycles. The summed E-state index contributed by atoms with van der Waals surface area (Å²) in [6.07, 6.45) is -2.17. The molecule has 126 valence electrons. The Labute approximate surface area is 132 Å². The van der Waals surface area contributed by atoms with E-state index in [-0.39, 0.29) is 30.2 Å². The standard InChI is InChI=1S/C14H17NO8/c1-4-20-13(17)22-10-8(12(16)19-3)6-7-9(15)11(10)23-14(18)21-5-2/h6-7H,4-5,15H2,1-3H3. The molecule has 0 saturated carbocycles. The molecule has 0 heterocycles. The smallest absolute Gasteiger partial charge is 0.465 e. The van der Waals surface area contributed by atoms with Crippen molar-refractivity contribution in [1.82, 2.24) is 0 Å². The van der Waals surface area contributed by atoms with Crippen LogP contribution in [-0.2, 0) is 14.2 Å². The van der Waals surface area contributed by atoms with Gasteiger partial charge in [-0.25, -0.2) is 14.4 Å². The van der Waals surface area contributed by atoms with Gasteiger partial charge in [-0.2, -0.15) is 0 Å². The third-order valence-corrected chi connectivity index (χ3v) is 2.44. The lowest BCUT2D eigenvalue weighted by molar-refractivity contribution is 0.0591. The Kier molecular flexibility index (Phi) is 6.66. The molecule has 0 fully saturated rings. The van der Waals surface area contributed by atoms with E-state index >= 15 is 0 Å². The molecule has 9 heteroatoms. The fourth-order valence-corrected chi connectivity index (χ4v) is 1.52. The number of hydrogen-bond donors (Lipinski definition) is 1. The first kappa shape index (κ1) is 18.1. The maximum atomic E-state index is 11.8. The highest BCUT2D eigenvalue weighted by Gasteiger charge is 2.25. The highest BCUT2D eigenvalue weighted by Crippen LogP contribution is 2.38. The highest BCUT2D eigenvalue weighted by molar-refractivity contribution is 5.96. The lowest BCUT2D eigenvalue weighted by Crippen LogP contribution is -2.17. The fraction of sp³-hybridized carbons (Fsp3) is 0.357. The average molecular weight is 327 g/mol. The number of carbonyl (C=O) groups excluding carboxylic acids is 3. The van der Waals surface area contributed by atoms with Crippen molar-refractivity contribution in [2.45, 2.75) is 13.8 Å². The van der Waals surface area contributed by atoms with Gasteiger partial charge in [0, 0.05) is 0 Å². The van der Waals surface area contributed by atoms with Crippen LogP contribution in [0.5, 0.6) is 11.5 Å². The van der Waals surface area contributed by atoms with E-state index < -0.39 is 24.0 Å². The summed E-state index contributed by atoms with van der Waals surface area (Å²) in [7, 11) is 1.14. The van der Waals surface area contributed by atoms with Crippen LogP contribution in [0.25, 0.3) is 0 Å². The zero-order chi connectivity index (χ0) is 17.4. The minimum absolute atomic E-state index is 0.0444. The second-order valence-corrected chi connectivity index (χ2v) is 3.92. The predicted octanol–water partition coefficient (Wildman–Crippen LogP) is 2.13. The number of nitrogens with two attached hydrogens (primary N) is 1. The molecule has 0 aromatic heterocycles. The molecule has 1 aromatic rings. The summed E-state index contributed by atoms with van der Waals surface area (Å²) < 4.78 is 23.7. The van der Waals surface area contributed by atoms with Crippen molar-refractivity contribution in [3.8, 4) is 11.5 Å². The minimum Gasteiger partial charge on any atom is -0.465 e. The molecule has 0 bridgehead atoms. The number of esters is 1. The molecule has 9 nitrogen and oxygen atoms in total. The van der Waals surface area contributed by atoms with Crippen molar-refractivity contribution in [2.75, 3.05) is 26.1 Å². The van der Waals surface area contributed by atoms with Gasteiger partial charge in [0.25, 0.3) is 0 Å². The summed E-state index contributed by atoms with van der Waals surface area (Å²) in [6, 6.07) is 2.55. The Bertz CT molecular complexity index is 599. The van der Waals surface area contributed by atoms with Crippen LogP contribution in [0.3, 0.4) is 0 Å². The molecular weight excluding hydrogens is 310 g/mol. The van der Waals surface area contributed by atoms with Crippen molar-refractivity contribution in [3.63, 3.8) is 0 Å². The molecule has 2 N–H and O–H groups in total. The van der Waals surface area contributed by atoms with Crippen molar-refractivity contribution in [2.24, 2.45) is 0 Å². The van der Waals surface area contributed by atoms with Gasteiger partial charge in [-0.05, 0) is 26.0 Å². The summed E-state index contributed by atoms with van der Waals surface area (Å²) in [4.78, 5) is 34.8. The summed E-state index contributed by atoms with van der Waals surface area (Å²) in [6.45, 7) is 3.25. The van der Waals surface area contributed by atoms with Crippen LogP contribution < -0.4 is 15.2 Å². The van der Waals surface area contributed by atoms with E-state index in [0.29, 0.717) is 0 Å². The number of methoxy groups -OCH3 is 1. The Morgan fingerprint density at radius 2 is 1.48 bits per heavy atom. The maximum absolute atomic E-state index is 11.8. The van der Waals surface area contributed by atoms with E-state index in [1.165, 1.54) is 12.1 Å². The van der Waals surface area contributed by atoms with E-state index in [0.717, 1.165) is 7.11 Å². The Hall–Kier alpha value is -2.97. The number of benzene rings is 1. The van der Waals surface area contributed by atoms with E-state index in [2.05, 4.69) is 14.2 Å². The number of carbonyl (C=O) groups is 3. The monoisotopic (exact) mass is 327 g/mol. The van der Waals surface area contributed by atoms with E-state index in [1.54, 1.807) is 13.8 Å². The first-order valence-corrected chi connectivity index (χ1v) is 6.64. The summed E-state index contributed by atoms with van der Waals surface area (Å²) in [5.41, 5.74) is 5.49. The average Bonchev–Trinajstić information content (AvgIpc) is 2.50. The predicted molar refractivity (Wildman–Crippen MR) is 77.5 cm³/mol. The van der Waals surface area contributed by atoms with Crippen LogP contribution in [-0.4, -0.2) is 38.6 Å². The van der Waals surface area contributed by atoms with Crippen molar-refractivity contribution in [1.29, 1.82) is 0 Å². The molecular formula is C14H17NO8. The van der Waals surface area contributed by atoms with Gasteiger partial charge < -0.3 is 29.4 Å². The number of nitrogen functional groups attached to an aromatic ring is 1. The summed E-state index contributed by atoms with van der Waals surface area (Å²) >= 11 is 0. The topological polar surface area (TPSA) is 123 Å². The van der Waals surface area contributed by atoms with Crippen LogP contribution >= 0.6 is 0 Å². The number of anilines is 1. The molecule has 0 amide bonds. The van der Waals surface area contributed by atoms with Crippen LogP contribution in [0.1, 0.15) is 24.2 Å². The summed E-state index contributed by atoms with van der Waals surface area (Å²) in [5, 5.41) is 0. The zero-order valence-corrected chi connectivity index (χ0v) is 12.9. The largest absolute Gasteiger partial charge is 0.514 e. The molecule has 0 atom stereocenters. The normalized spacial score (nSPS) is 9.70. The highest BCUT2D eigenvalue weighted by atomic mass is 16.7. The second-order valence-electron chi connectivity index (χ2n) is 3.92. The zero-order valence-electron chi connectivity index (χ0n) is 12.9. The molecule has 0 radical (unpaired) electrons. The second kappa shape index (κ2) is 8.47. The van der Waals surface area contributed by atoms with Gasteiger partial charge in [0.1, 0.15) is 5.56 Å². The third-order valence-electron chi connectivity index (χ3n) is 2.44. The lowest BCUT2D eigenvalue weighted by atomic mass is 10.1. The van der Waals surface area contributed by atoms with Gasteiger partial charge in [0.15, 0.2) is 5.75 Å². The SMILES string of the molecule is CCOC(=O)Oc1c(N)ccc(C(=O)OC)c1OC(=O)OCC. The Balaban J connectivity index is 3.30. The molecule has 23 heavy (non-hydrogen) atoms. The molecule has 0 spiro atoms. The number of rotatable bonds is 5. The Morgan fingerprint density at radius 3 is 1.96 bits per heavy atom. The molecule has 0 saturated heterocycles. The van der Waals surface area contributed by atoms with Gasteiger partial charge in [0.05, 0.1) is 26.0 Å². The van der Waals surface area contributed by atoms with Crippen molar-refractivity contribution in [3.05, 3.63) is 17.7 Å². The van der Waals surface area contributed by atoms with E-state index in [1.807, 2.05) is 0 Å². The van der Waals surface area contributed by atoms with Gasteiger partial charge in [-0.3, -0.25) is 0 Å². The minimum atomic E-state index is -1.10. The van der Waals surface area contributed by atoms with E-state index in [9.17, 15) is 14.4 Å². The van der Waals surface area contributed by atoms with E-state index in [4.69, 9.17) is 15.2 Å². The van der Waals surface area contributed by atoms with Crippen LogP contribution in [0.15, 0.2) is 12.1 Å². The molecule has 0 unspecified atom stereocenters. The van der Waals surface area contributed by atoms with Gasteiger partial charge in [0.2, 0.25) is 5.75 Å². The summed E-state index contributed by atoms with van der Waals surface area (Å²) in [5.74, 6) is -1.57. The maximum Gasteiger partial charge on any atom is 0.514 e.